The van der Waals surface area contributed by atoms with E-state index < -0.39 is 10.9 Å². The van der Waals surface area contributed by atoms with Crippen molar-refractivity contribution in [1.82, 2.24) is 0 Å². The molecular weight excluding hydrogens is 338 g/mol. The normalized spacial score (nSPS) is 10.1. The third kappa shape index (κ3) is 4.79. The number of hydrogen-bond acceptors (Lipinski definition) is 6. The summed E-state index contributed by atoms with van der Waals surface area (Å²) in [7, 11) is 1.29. The maximum absolute atomic E-state index is 12.1. The van der Waals surface area contributed by atoms with Crippen LogP contribution >= 0.6 is 0 Å². The van der Waals surface area contributed by atoms with E-state index >= 15 is 0 Å². The van der Waals surface area contributed by atoms with Gasteiger partial charge in [-0.1, -0.05) is 18.2 Å². The molecule has 136 valence electrons. The molecule has 0 saturated carbocycles. The lowest BCUT2D eigenvalue weighted by molar-refractivity contribution is -0.384. The number of aryl methyl sites for hydroxylation is 1. The number of hydrogen-bond donors (Lipinski definition) is 2. The van der Waals surface area contributed by atoms with Gasteiger partial charge < -0.3 is 15.4 Å². The van der Waals surface area contributed by atoms with Crippen LogP contribution in [-0.4, -0.2) is 30.5 Å². The Morgan fingerprint density at radius 1 is 1.15 bits per heavy atom. The van der Waals surface area contributed by atoms with Gasteiger partial charge in [0.05, 0.1) is 17.6 Å². The van der Waals surface area contributed by atoms with Gasteiger partial charge in [-0.3, -0.25) is 14.9 Å². The molecule has 0 aliphatic rings. The van der Waals surface area contributed by atoms with Crippen molar-refractivity contribution in [3.05, 3.63) is 63.7 Å². The monoisotopic (exact) mass is 357 g/mol. The number of para-hydroxylation sites is 2. The molecule has 0 radical (unpaired) electrons. The standard InChI is InChI=1S/C18H19N3O5/c1-12-7-8-13(18(23)26-2)11-15(12)20-17(22)9-10-19-14-5-3-4-6-16(14)21(24)25/h3-8,11,19H,9-10H2,1-2H3,(H,20,22). The first-order chi connectivity index (χ1) is 12.4. The molecular formula is C18H19N3O5. The Hall–Kier alpha value is -3.42. The summed E-state index contributed by atoms with van der Waals surface area (Å²) in [6.45, 7) is 2.04. The predicted molar refractivity (Wildman–Crippen MR) is 97.4 cm³/mol. The second-order valence-corrected chi connectivity index (χ2v) is 5.52. The van der Waals surface area contributed by atoms with Gasteiger partial charge in [-0.05, 0) is 30.7 Å². The van der Waals surface area contributed by atoms with Gasteiger partial charge in [0.15, 0.2) is 0 Å². The Morgan fingerprint density at radius 2 is 1.88 bits per heavy atom. The SMILES string of the molecule is COC(=O)c1ccc(C)c(NC(=O)CCNc2ccccc2[N+](=O)[O-])c1. The highest BCUT2D eigenvalue weighted by Crippen LogP contribution is 2.23. The quantitative estimate of drug-likeness (QED) is 0.447. The number of benzene rings is 2. The van der Waals surface area contributed by atoms with E-state index in [0.29, 0.717) is 16.9 Å². The molecule has 0 bridgehead atoms. The van der Waals surface area contributed by atoms with E-state index in [4.69, 9.17) is 0 Å². The number of nitrogens with zero attached hydrogens (tertiary/aromatic N) is 1. The summed E-state index contributed by atoms with van der Waals surface area (Å²) in [6, 6.07) is 11.1. The lowest BCUT2D eigenvalue weighted by Crippen LogP contribution is -2.17. The summed E-state index contributed by atoms with van der Waals surface area (Å²) in [4.78, 5) is 34.2. The van der Waals surface area contributed by atoms with E-state index in [0.717, 1.165) is 5.56 Å². The summed E-state index contributed by atoms with van der Waals surface area (Å²) < 4.78 is 4.66. The maximum Gasteiger partial charge on any atom is 0.337 e. The van der Waals surface area contributed by atoms with Crippen molar-refractivity contribution in [3.63, 3.8) is 0 Å². The zero-order valence-corrected chi connectivity index (χ0v) is 14.4. The fourth-order valence-electron chi connectivity index (χ4n) is 2.31. The molecule has 2 aromatic rings. The molecule has 2 aromatic carbocycles. The van der Waals surface area contributed by atoms with Gasteiger partial charge in [-0.2, -0.15) is 0 Å². The highest BCUT2D eigenvalue weighted by atomic mass is 16.6. The first-order valence-corrected chi connectivity index (χ1v) is 7.88. The molecule has 1 amide bonds. The number of methoxy groups -OCH3 is 1. The molecule has 2 N–H and O–H groups in total. The number of nitro benzene ring substituents is 1. The van der Waals surface area contributed by atoms with Gasteiger partial charge in [-0.25, -0.2) is 4.79 Å². The van der Waals surface area contributed by atoms with Crippen molar-refractivity contribution < 1.29 is 19.2 Å². The Kier molecular flexibility index (Phi) is 6.26. The van der Waals surface area contributed by atoms with Crippen LogP contribution in [-0.2, 0) is 9.53 Å². The van der Waals surface area contributed by atoms with E-state index in [-0.39, 0.29) is 24.6 Å². The third-order valence-corrected chi connectivity index (χ3v) is 3.70. The molecule has 8 nitrogen and oxygen atoms in total. The molecule has 0 atom stereocenters. The van der Waals surface area contributed by atoms with Crippen molar-refractivity contribution in [2.24, 2.45) is 0 Å². The van der Waals surface area contributed by atoms with E-state index in [1.807, 2.05) is 6.92 Å². The molecule has 0 heterocycles. The van der Waals surface area contributed by atoms with Crippen LogP contribution < -0.4 is 10.6 Å². The predicted octanol–water partition coefficient (Wildman–Crippen LogP) is 3.13. The summed E-state index contributed by atoms with van der Waals surface area (Å²) >= 11 is 0. The summed E-state index contributed by atoms with van der Waals surface area (Å²) in [5.74, 6) is -0.764. The average molecular weight is 357 g/mol. The maximum atomic E-state index is 12.1. The Bertz CT molecular complexity index is 835. The fourth-order valence-corrected chi connectivity index (χ4v) is 2.31. The lowest BCUT2D eigenvalue weighted by atomic mass is 10.1. The molecule has 0 aromatic heterocycles. The van der Waals surface area contributed by atoms with E-state index in [1.165, 1.54) is 13.2 Å². The number of esters is 1. The number of anilines is 2. The first kappa shape index (κ1) is 18.9. The topological polar surface area (TPSA) is 111 Å². The minimum atomic E-state index is -0.487. The summed E-state index contributed by atoms with van der Waals surface area (Å²) in [5.41, 5.74) is 1.97. The van der Waals surface area contributed by atoms with Crippen LogP contribution in [0, 0.1) is 17.0 Å². The van der Waals surface area contributed by atoms with Gasteiger partial charge in [0.2, 0.25) is 5.91 Å². The smallest absolute Gasteiger partial charge is 0.337 e. The molecule has 0 aliphatic heterocycles. The van der Waals surface area contributed by atoms with Gasteiger partial charge in [0, 0.05) is 24.7 Å². The molecule has 8 heteroatoms. The largest absolute Gasteiger partial charge is 0.465 e. The van der Waals surface area contributed by atoms with Crippen LogP contribution in [0.15, 0.2) is 42.5 Å². The Labute approximate surface area is 150 Å². The minimum absolute atomic E-state index is 0.0467. The lowest BCUT2D eigenvalue weighted by Gasteiger charge is -2.11. The summed E-state index contributed by atoms with van der Waals surface area (Å²) in [5, 5.41) is 16.6. The average Bonchev–Trinajstić information content (AvgIpc) is 2.63. The third-order valence-electron chi connectivity index (χ3n) is 3.70. The van der Waals surface area contributed by atoms with Crippen LogP contribution in [0.3, 0.4) is 0 Å². The molecule has 0 aliphatic carbocycles. The molecule has 2 rings (SSSR count). The molecule has 0 fully saturated rings. The van der Waals surface area contributed by atoms with Gasteiger partial charge in [-0.15, -0.1) is 0 Å². The van der Waals surface area contributed by atoms with Crippen molar-refractivity contribution in [2.75, 3.05) is 24.3 Å². The minimum Gasteiger partial charge on any atom is -0.465 e. The van der Waals surface area contributed by atoms with Crippen molar-refractivity contribution in [2.45, 2.75) is 13.3 Å². The fraction of sp³-hybridized carbons (Fsp3) is 0.222. The van der Waals surface area contributed by atoms with E-state index in [1.54, 1.807) is 36.4 Å². The van der Waals surface area contributed by atoms with Crippen molar-refractivity contribution in [3.8, 4) is 0 Å². The Balaban J connectivity index is 1.96. The number of carbonyl (C=O) groups is 2. The molecule has 0 saturated heterocycles. The second-order valence-electron chi connectivity index (χ2n) is 5.52. The zero-order valence-electron chi connectivity index (χ0n) is 14.4. The van der Waals surface area contributed by atoms with Gasteiger partial charge >= 0.3 is 5.97 Å². The van der Waals surface area contributed by atoms with E-state index in [2.05, 4.69) is 15.4 Å². The van der Waals surface area contributed by atoms with Crippen LogP contribution in [0.5, 0.6) is 0 Å². The number of nitro groups is 1. The molecule has 0 unspecified atom stereocenters. The number of carbonyl (C=O) groups excluding carboxylic acids is 2. The zero-order chi connectivity index (χ0) is 19.1. The Morgan fingerprint density at radius 3 is 2.58 bits per heavy atom. The van der Waals surface area contributed by atoms with Gasteiger partial charge in [0.1, 0.15) is 5.69 Å². The van der Waals surface area contributed by atoms with Crippen LogP contribution in [0.2, 0.25) is 0 Å². The number of ether oxygens (including phenoxy) is 1. The van der Waals surface area contributed by atoms with Gasteiger partial charge in [0.25, 0.3) is 5.69 Å². The van der Waals surface area contributed by atoms with Crippen LogP contribution in [0.1, 0.15) is 22.3 Å². The summed E-state index contributed by atoms with van der Waals surface area (Å²) in [6.07, 6.45) is 0.105. The van der Waals surface area contributed by atoms with Crippen LogP contribution in [0.25, 0.3) is 0 Å². The molecule has 26 heavy (non-hydrogen) atoms. The van der Waals surface area contributed by atoms with Crippen molar-refractivity contribution in [1.29, 1.82) is 0 Å². The first-order valence-electron chi connectivity index (χ1n) is 7.88. The second kappa shape index (κ2) is 8.61. The molecule has 0 spiro atoms. The van der Waals surface area contributed by atoms with E-state index in [9.17, 15) is 19.7 Å². The number of nitrogens with one attached hydrogen (secondary N) is 2. The highest BCUT2D eigenvalue weighted by Gasteiger charge is 2.13. The highest BCUT2D eigenvalue weighted by molar-refractivity contribution is 5.95. The van der Waals surface area contributed by atoms with Crippen molar-refractivity contribution >= 4 is 28.9 Å². The number of amides is 1. The number of rotatable bonds is 7. The van der Waals surface area contributed by atoms with Crippen LogP contribution in [0.4, 0.5) is 17.1 Å².